The zero-order valence-corrected chi connectivity index (χ0v) is 13.3. The zero-order chi connectivity index (χ0) is 13.9. The summed E-state index contributed by atoms with van der Waals surface area (Å²) in [5.74, 6) is 0. The Hall–Kier alpha value is 0.0169. The summed E-state index contributed by atoms with van der Waals surface area (Å²) in [4.78, 5) is 0. The summed E-state index contributed by atoms with van der Waals surface area (Å²) < 4.78 is 17.4. The highest BCUT2D eigenvalue weighted by atomic mass is 28.4. The lowest BCUT2D eigenvalue weighted by molar-refractivity contribution is 0.0702. The van der Waals surface area contributed by atoms with Crippen molar-refractivity contribution in [1.82, 2.24) is 5.32 Å². The van der Waals surface area contributed by atoms with Crippen LogP contribution < -0.4 is 11.1 Å². The predicted octanol–water partition coefficient (Wildman–Crippen LogP) is 1.36. The summed E-state index contributed by atoms with van der Waals surface area (Å²) in [6, 6.07) is 0.971. The van der Waals surface area contributed by atoms with Crippen LogP contribution in [0.4, 0.5) is 0 Å². The molecule has 0 aromatic carbocycles. The Morgan fingerprint density at radius 2 is 1.50 bits per heavy atom. The molecule has 0 bridgehead atoms. The van der Waals surface area contributed by atoms with Crippen molar-refractivity contribution < 1.29 is 13.3 Å². The van der Waals surface area contributed by atoms with Gasteiger partial charge in [-0.15, -0.1) is 0 Å². The molecule has 0 aliphatic heterocycles. The molecule has 0 amide bonds. The van der Waals surface area contributed by atoms with Crippen LogP contribution in [0, 0.1) is 0 Å². The van der Waals surface area contributed by atoms with E-state index >= 15 is 0 Å². The Morgan fingerprint density at radius 1 is 1.00 bits per heavy atom. The highest BCUT2D eigenvalue weighted by Crippen LogP contribution is 2.19. The van der Waals surface area contributed by atoms with E-state index in [0.717, 1.165) is 25.4 Å². The minimum absolute atomic E-state index is 0.172. The topological polar surface area (TPSA) is 65.7 Å². The van der Waals surface area contributed by atoms with Gasteiger partial charge in [-0.3, -0.25) is 0 Å². The van der Waals surface area contributed by atoms with Gasteiger partial charge in [0, 0.05) is 31.9 Å². The van der Waals surface area contributed by atoms with E-state index in [1.807, 2.05) is 27.8 Å². The lowest BCUT2D eigenvalue weighted by Gasteiger charge is -2.29. The summed E-state index contributed by atoms with van der Waals surface area (Å²) in [5, 5.41) is 3.11. The Bertz CT molecular complexity index is 179. The van der Waals surface area contributed by atoms with Crippen LogP contribution in [0.5, 0.6) is 0 Å². The standard InChI is InChI=1S/C12H30N2O3Si/c1-5-15-18(16-6-2,17-7-3)11-9-12(13)8-10-14-4/h12,14H,5-11,13H2,1-4H3. The molecule has 0 aromatic rings. The second-order valence-electron chi connectivity index (χ2n) is 4.17. The van der Waals surface area contributed by atoms with E-state index < -0.39 is 8.80 Å². The molecule has 5 nitrogen and oxygen atoms in total. The second-order valence-corrected chi connectivity index (χ2v) is 6.91. The number of hydrogen-bond acceptors (Lipinski definition) is 5. The molecule has 1 unspecified atom stereocenters. The molecular weight excluding hydrogens is 248 g/mol. The molecular formula is C12H30N2O3Si. The van der Waals surface area contributed by atoms with Crippen molar-refractivity contribution in [3.8, 4) is 0 Å². The largest absolute Gasteiger partial charge is 0.500 e. The van der Waals surface area contributed by atoms with Crippen LogP contribution in [-0.2, 0) is 13.3 Å². The van der Waals surface area contributed by atoms with Crippen LogP contribution in [0.3, 0.4) is 0 Å². The second kappa shape index (κ2) is 10.9. The van der Waals surface area contributed by atoms with E-state index in [1.165, 1.54) is 0 Å². The first-order chi connectivity index (χ1) is 8.64. The predicted molar refractivity (Wildman–Crippen MR) is 76.6 cm³/mol. The minimum Gasteiger partial charge on any atom is -0.374 e. The van der Waals surface area contributed by atoms with Crippen molar-refractivity contribution in [2.75, 3.05) is 33.4 Å². The third-order valence-electron chi connectivity index (χ3n) is 2.68. The number of nitrogens with two attached hydrogens (primary N) is 1. The van der Waals surface area contributed by atoms with Gasteiger partial charge in [-0.05, 0) is 47.2 Å². The molecule has 0 spiro atoms. The molecule has 1 atom stereocenters. The van der Waals surface area contributed by atoms with E-state index in [4.69, 9.17) is 19.0 Å². The molecule has 18 heavy (non-hydrogen) atoms. The van der Waals surface area contributed by atoms with Crippen LogP contribution in [0.25, 0.3) is 0 Å². The normalized spacial score (nSPS) is 13.8. The fourth-order valence-corrected chi connectivity index (χ4v) is 4.56. The molecule has 110 valence electrons. The van der Waals surface area contributed by atoms with Gasteiger partial charge in [-0.1, -0.05) is 0 Å². The molecule has 0 aromatic heterocycles. The van der Waals surface area contributed by atoms with Gasteiger partial charge in [0.25, 0.3) is 0 Å². The fraction of sp³-hybridized carbons (Fsp3) is 1.00. The molecule has 3 N–H and O–H groups in total. The zero-order valence-electron chi connectivity index (χ0n) is 12.3. The fourth-order valence-electron chi connectivity index (χ4n) is 1.84. The first kappa shape index (κ1) is 18.0. The van der Waals surface area contributed by atoms with E-state index in [9.17, 15) is 0 Å². The average molecular weight is 278 g/mol. The molecule has 0 aliphatic rings. The van der Waals surface area contributed by atoms with Gasteiger partial charge < -0.3 is 24.3 Å². The van der Waals surface area contributed by atoms with Crippen LogP contribution in [0.2, 0.25) is 6.04 Å². The highest BCUT2D eigenvalue weighted by molar-refractivity contribution is 6.60. The molecule has 0 fully saturated rings. The maximum Gasteiger partial charge on any atom is 0.500 e. The minimum atomic E-state index is -2.50. The third-order valence-corrected chi connectivity index (χ3v) is 5.77. The van der Waals surface area contributed by atoms with Crippen molar-refractivity contribution in [2.45, 2.75) is 45.7 Å². The van der Waals surface area contributed by atoms with Gasteiger partial charge in [-0.25, -0.2) is 0 Å². The Morgan fingerprint density at radius 3 is 1.89 bits per heavy atom. The maximum absolute atomic E-state index is 6.07. The van der Waals surface area contributed by atoms with Crippen molar-refractivity contribution in [2.24, 2.45) is 5.73 Å². The number of hydrogen-bond donors (Lipinski definition) is 2. The molecule has 0 radical (unpaired) electrons. The Balaban J connectivity index is 4.27. The van der Waals surface area contributed by atoms with E-state index in [0.29, 0.717) is 19.8 Å². The van der Waals surface area contributed by atoms with Gasteiger partial charge in [0.1, 0.15) is 0 Å². The first-order valence-corrected chi connectivity index (χ1v) is 8.89. The summed E-state index contributed by atoms with van der Waals surface area (Å²) in [7, 11) is -0.561. The van der Waals surface area contributed by atoms with Gasteiger partial charge in [-0.2, -0.15) is 0 Å². The summed E-state index contributed by atoms with van der Waals surface area (Å²) >= 11 is 0. The number of nitrogens with one attached hydrogen (secondary N) is 1. The van der Waals surface area contributed by atoms with Crippen LogP contribution >= 0.6 is 0 Å². The SMILES string of the molecule is CCO[Si](CCC(N)CCNC)(OCC)OCC. The van der Waals surface area contributed by atoms with Crippen molar-refractivity contribution in [3.63, 3.8) is 0 Å². The van der Waals surface area contributed by atoms with Gasteiger partial charge in [0.05, 0.1) is 0 Å². The first-order valence-electron chi connectivity index (χ1n) is 6.96. The molecule has 0 aliphatic carbocycles. The Kier molecular flexibility index (Phi) is 10.9. The van der Waals surface area contributed by atoms with E-state index in [1.54, 1.807) is 0 Å². The molecule has 0 heterocycles. The van der Waals surface area contributed by atoms with Gasteiger partial charge in [0.2, 0.25) is 0 Å². The summed E-state index contributed by atoms with van der Waals surface area (Å²) in [6.45, 7) is 8.73. The van der Waals surface area contributed by atoms with Crippen LogP contribution in [0.1, 0.15) is 33.6 Å². The van der Waals surface area contributed by atoms with Crippen molar-refractivity contribution in [1.29, 1.82) is 0 Å². The smallest absolute Gasteiger partial charge is 0.374 e. The average Bonchev–Trinajstić information content (AvgIpc) is 2.35. The van der Waals surface area contributed by atoms with E-state index in [-0.39, 0.29) is 6.04 Å². The van der Waals surface area contributed by atoms with Gasteiger partial charge in [0.15, 0.2) is 0 Å². The summed E-state index contributed by atoms with van der Waals surface area (Å²) in [6.07, 6.45) is 1.85. The molecule has 0 rings (SSSR count). The quantitative estimate of drug-likeness (QED) is 0.528. The van der Waals surface area contributed by atoms with Gasteiger partial charge >= 0.3 is 8.80 Å². The summed E-state index contributed by atoms with van der Waals surface area (Å²) in [5.41, 5.74) is 6.07. The van der Waals surface area contributed by atoms with Crippen molar-refractivity contribution >= 4 is 8.80 Å². The van der Waals surface area contributed by atoms with E-state index in [2.05, 4.69) is 5.32 Å². The number of rotatable bonds is 12. The van der Waals surface area contributed by atoms with Crippen molar-refractivity contribution in [3.05, 3.63) is 0 Å². The molecule has 0 saturated heterocycles. The third kappa shape index (κ3) is 7.45. The van der Waals surface area contributed by atoms with Crippen LogP contribution in [-0.4, -0.2) is 48.3 Å². The molecule has 0 saturated carbocycles. The lowest BCUT2D eigenvalue weighted by atomic mass is 10.2. The lowest BCUT2D eigenvalue weighted by Crippen LogP contribution is -2.47. The Labute approximate surface area is 113 Å². The monoisotopic (exact) mass is 278 g/mol. The molecule has 6 heteroatoms. The maximum atomic E-state index is 6.07. The van der Waals surface area contributed by atoms with Crippen LogP contribution in [0.15, 0.2) is 0 Å². The highest BCUT2D eigenvalue weighted by Gasteiger charge is 2.40.